The minimum absolute atomic E-state index is 0.000189. The summed E-state index contributed by atoms with van der Waals surface area (Å²) in [5, 5.41) is 13.1. The lowest BCUT2D eigenvalue weighted by atomic mass is 9.89. The Morgan fingerprint density at radius 1 is 0.950 bits per heavy atom. The van der Waals surface area contributed by atoms with E-state index in [1.54, 1.807) is 46.0 Å². The van der Waals surface area contributed by atoms with Gasteiger partial charge in [-0.3, -0.25) is 14.4 Å². The zero-order chi connectivity index (χ0) is 42.2. The van der Waals surface area contributed by atoms with Crippen molar-refractivity contribution in [1.82, 2.24) is 10.2 Å². The van der Waals surface area contributed by atoms with Crippen molar-refractivity contribution in [3.63, 3.8) is 0 Å². The van der Waals surface area contributed by atoms with E-state index in [1.165, 1.54) is 4.90 Å². The highest BCUT2D eigenvalue weighted by molar-refractivity contribution is 5.97. The smallest absolute Gasteiger partial charge is 0.338 e. The summed E-state index contributed by atoms with van der Waals surface area (Å²) in [5.74, 6) is -1.60. The number of fused-ring (bicyclic) bond motifs is 2. The normalized spacial score (nSPS) is 27.8. The van der Waals surface area contributed by atoms with Crippen molar-refractivity contribution in [2.24, 2.45) is 17.8 Å². The molecule has 2 saturated heterocycles. The standard InChI is InChI=1S/C48H60N2O10/c1-47(2,3)59-42(52)23-21-36(28-51)49-44(53)37(24-30-8-6-5-7-9-30)50(4)45(54)33-26-40(43-41(27-33)58-48(60-43,34-17-18-34)35-19-20-35)57-46(55)32-15-12-29(13-16-32)10-11-31-14-22-38-39(25-31)56-38/h5-13,15-16,27,31,34-41,43,51H,14,17-26,28H2,1-4H3,(H,49,53). The highest BCUT2D eigenvalue weighted by Gasteiger charge is 2.64. The molecule has 0 bridgehead atoms. The molecule has 5 fully saturated rings. The monoisotopic (exact) mass is 824 g/mol. The maximum atomic E-state index is 14.6. The number of nitrogens with zero attached hydrogens (tertiary/aromatic N) is 1. The molecule has 0 aromatic heterocycles. The molecule has 2 aliphatic heterocycles. The number of carbonyl (C=O) groups excluding carboxylic acids is 4. The number of benzene rings is 2. The number of nitrogens with one attached hydrogen (secondary N) is 1. The number of ether oxygens (including phenoxy) is 5. The lowest BCUT2D eigenvalue weighted by Gasteiger charge is -2.34. The van der Waals surface area contributed by atoms with Crippen LogP contribution < -0.4 is 5.32 Å². The molecular formula is C48H60N2O10. The van der Waals surface area contributed by atoms with Gasteiger partial charge in [0.1, 0.15) is 30.0 Å². The number of rotatable bonds is 16. The first-order valence-corrected chi connectivity index (χ1v) is 21.9. The third-order valence-corrected chi connectivity index (χ3v) is 12.7. The Morgan fingerprint density at radius 3 is 2.32 bits per heavy atom. The van der Waals surface area contributed by atoms with Crippen LogP contribution in [0, 0.1) is 17.8 Å². The molecule has 0 spiro atoms. The van der Waals surface area contributed by atoms with Gasteiger partial charge < -0.3 is 39.0 Å². The average Bonchev–Trinajstić information content (AvgIpc) is 4.10. The SMILES string of the molecule is CN(C(=O)C1=CC2OC(C3CC3)(C3CC3)OC2C(OC(=O)c2ccc(C=CC3CCC4OC4C3)cc2)C1)C(Cc1ccccc1)C(=O)NC(CO)CCC(=O)OC(C)(C)C. The van der Waals surface area contributed by atoms with E-state index in [2.05, 4.69) is 17.5 Å². The Balaban J connectivity index is 0.986. The highest BCUT2D eigenvalue weighted by atomic mass is 16.8. The van der Waals surface area contributed by atoms with Crippen LogP contribution in [0.4, 0.5) is 0 Å². The number of allylic oxidation sites excluding steroid dienone is 1. The molecule has 322 valence electrons. The Morgan fingerprint density at radius 2 is 1.67 bits per heavy atom. The summed E-state index contributed by atoms with van der Waals surface area (Å²) in [6.45, 7) is 4.94. The molecule has 4 aliphatic carbocycles. The van der Waals surface area contributed by atoms with Gasteiger partial charge in [-0.2, -0.15) is 0 Å². The summed E-state index contributed by atoms with van der Waals surface area (Å²) in [5.41, 5.74) is 1.93. The van der Waals surface area contributed by atoms with Crippen molar-refractivity contribution in [3.05, 3.63) is 89.0 Å². The third kappa shape index (κ3) is 10.0. The molecule has 60 heavy (non-hydrogen) atoms. The topological polar surface area (TPSA) is 153 Å². The van der Waals surface area contributed by atoms with Gasteiger partial charge >= 0.3 is 11.9 Å². The zero-order valence-electron chi connectivity index (χ0n) is 35.3. The molecule has 12 nitrogen and oxygen atoms in total. The van der Waals surface area contributed by atoms with Crippen molar-refractivity contribution < 1.29 is 48.0 Å². The largest absolute Gasteiger partial charge is 0.460 e. The lowest BCUT2D eigenvalue weighted by molar-refractivity contribution is -0.209. The van der Waals surface area contributed by atoms with E-state index >= 15 is 0 Å². The van der Waals surface area contributed by atoms with Gasteiger partial charge in [0.25, 0.3) is 0 Å². The fourth-order valence-corrected chi connectivity index (χ4v) is 9.15. The van der Waals surface area contributed by atoms with E-state index in [-0.39, 0.29) is 37.5 Å². The van der Waals surface area contributed by atoms with E-state index in [4.69, 9.17) is 23.7 Å². The van der Waals surface area contributed by atoms with Crippen LogP contribution in [0.25, 0.3) is 6.08 Å². The first-order valence-electron chi connectivity index (χ1n) is 21.9. The van der Waals surface area contributed by atoms with Crippen LogP contribution >= 0.6 is 0 Å². The molecule has 6 aliphatic rings. The maximum Gasteiger partial charge on any atom is 0.338 e. The fraction of sp³-hybridized carbons (Fsp3) is 0.583. The second-order valence-electron chi connectivity index (χ2n) is 18.7. The summed E-state index contributed by atoms with van der Waals surface area (Å²) < 4.78 is 31.0. The van der Waals surface area contributed by atoms with Crippen molar-refractivity contribution in [2.75, 3.05) is 13.7 Å². The average molecular weight is 825 g/mol. The van der Waals surface area contributed by atoms with Gasteiger partial charge in [-0.1, -0.05) is 54.6 Å². The number of epoxide rings is 1. The van der Waals surface area contributed by atoms with Gasteiger partial charge in [-0.05, 0) is 107 Å². The third-order valence-electron chi connectivity index (χ3n) is 12.7. The van der Waals surface area contributed by atoms with Crippen LogP contribution in [0.5, 0.6) is 0 Å². The molecule has 0 radical (unpaired) electrons. The Kier molecular flexibility index (Phi) is 12.4. The number of amides is 2. The minimum atomic E-state index is -0.975. The van der Waals surface area contributed by atoms with E-state index in [0.717, 1.165) is 56.1 Å². The minimum Gasteiger partial charge on any atom is -0.460 e. The first-order chi connectivity index (χ1) is 28.8. The molecule has 2 amide bonds. The number of aliphatic hydroxyl groups excluding tert-OH is 1. The molecule has 3 saturated carbocycles. The molecule has 2 N–H and O–H groups in total. The molecular weight excluding hydrogens is 765 g/mol. The van der Waals surface area contributed by atoms with E-state index in [0.29, 0.717) is 29.3 Å². The Labute approximate surface area is 353 Å². The van der Waals surface area contributed by atoms with Crippen LogP contribution in [-0.2, 0) is 44.5 Å². The van der Waals surface area contributed by atoms with Crippen molar-refractivity contribution in [1.29, 1.82) is 0 Å². The van der Waals surface area contributed by atoms with Gasteiger partial charge in [0.2, 0.25) is 11.8 Å². The summed E-state index contributed by atoms with van der Waals surface area (Å²) in [6, 6.07) is 15.0. The predicted molar refractivity (Wildman–Crippen MR) is 222 cm³/mol. The predicted octanol–water partition coefficient (Wildman–Crippen LogP) is 6.09. The number of likely N-dealkylation sites (N-methyl/N-ethyl adjacent to an activating group) is 1. The molecule has 8 unspecified atom stereocenters. The van der Waals surface area contributed by atoms with Gasteiger partial charge in [0.05, 0.1) is 30.4 Å². The highest BCUT2D eigenvalue weighted by Crippen LogP contribution is 2.59. The molecule has 2 heterocycles. The van der Waals surface area contributed by atoms with E-state index in [9.17, 15) is 24.3 Å². The number of esters is 2. The second-order valence-corrected chi connectivity index (χ2v) is 18.7. The van der Waals surface area contributed by atoms with Gasteiger partial charge in [-0.25, -0.2) is 4.79 Å². The van der Waals surface area contributed by atoms with Crippen molar-refractivity contribution in [3.8, 4) is 0 Å². The number of hydrogen-bond acceptors (Lipinski definition) is 10. The first kappa shape index (κ1) is 42.3. The number of carbonyl (C=O) groups is 4. The number of hydrogen-bond donors (Lipinski definition) is 2. The summed E-state index contributed by atoms with van der Waals surface area (Å²) in [4.78, 5) is 56.4. The molecule has 2 aromatic rings. The summed E-state index contributed by atoms with van der Waals surface area (Å²) in [6.07, 6.45) is 12.7. The quantitative estimate of drug-likeness (QED) is 0.150. The summed E-state index contributed by atoms with van der Waals surface area (Å²) in [7, 11) is 1.59. The van der Waals surface area contributed by atoms with Crippen LogP contribution in [0.2, 0.25) is 0 Å². The maximum absolute atomic E-state index is 14.6. The molecule has 2 aromatic carbocycles. The van der Waals surface area contributed by atoms with Crippen LogP contribution in [0.3, 0.4) is 0 Å². The Hall–Kier alpha value is -4.36. The van der Waals surface area contributed by atoms with E-state index in [1.807, 2.05) is 42.5 Å². The Bertz CT molecular complexity index is 1940. The van der Waals surface area contributed by atoms with E-state index < -0.39 is 72.1 Å². The molecule has 12 heteroatoms. The van der Waals surface area contributed by atoms with Gasteiger partial charge in [0.15, 0.2) is 5.79 Å². The van der Waals surface area contributed by atoms with Gasteiger partial charge in [-0.15, -0.1) is 0 Å². The van der Waals surface area contributed by atoms with Crippen molar-refractivity contribution >= 4 is 29.8 Å². The fourth-order valence-electron chi connectivity index (χ4n) is 9.15. The van der Waals surface area contributed by atoms with Crippen LogP contribution in [0.15, 0.2) is 72.3 Å². The summed E-state index contributed by atoms with van der Waals surface area (Å²) >= 11 is 0. The number of aliphatic hydroxyl groups is 1. The molecule has 8 rings (SSSR count). The second kappa shape index (κ2) is 17.6. The molecule has 8 atom stereocenters. The van der Waals surface area contributed by atoms with Crippen LogP contribution in [0.1, 0.15) is 106 Å². The zero-order valence-corrected chi connectivity index (χ0v) is 35.3. The van der Waals surface area contributed by atoms with Crippen molar-refractivity contribution in [2.45, 2.75) is 145 Å². The van der Waals surface area contributed by atoms with Crippen LogP contribution in [-0.4, -0.2) is 101 Å². The lowest BCUT2D eigenvalue weighted by Crippen LogP contribution is -2.53. The van der Waals surface area contributed by atoms with Gasteiger partial charge in [0, 0.05) is 43.7 Å².